The maximum absolute atomic E-state index is 12.0. The first-order chi connectivity index (χ1) is 12.1. The predicted molar refractivity (Wildman–Crippen MR) is 90.5 cm³/mol. The minimum Gasteiger partial charge on any atom is -0.493 e. The number of benzene rings is 1. The molecule has 2 N–H and O–H groups in total. The molecule has 0 unspecified atom stereocenters. The number of nitrogens with one attached hydrogen (secondary N) is 2. The lowest BCUT2D eigenvalue weighted by atomic mass is 10.2. The van der Waals surface area contributed by atoms with Gasteiger partial charge in [-0.15, -0.1) is 0 Å². The van der Waals surface area contributed by atoms with Crippen molar-refractivity contribution in [2.75, 3.05) is 59.5 Å². The number of hydrogen-bond acceptors (Lipinski definition) is 7. The summed E-state index contributed by atoms with van der Waals surface area (Å²) in [5.74, 6) is 0.833. The van der Waals surface area contributed by atoms with Crippen molar-refractivity contribution in [2.45, 2.75) is 0 Å². The summed E-state index contributed by atoms with van der Waals surface area (Å²) in [7, 11) is 4.45. The fourth-order valence-electron chi connectivity index (χ4n) is 2.44. The van der Waals surface area contributed by atoms with Crippen LogP contribution in [0.2, 0.25) is 0 Å². The lowest BCUT2D eigenvalue weighted by molar-refractivity contribution is -0.122. The number of anilines is 1. The average molecular weight is 353 g/mol. The molecule has 9 nitrogen and oxygen atoms in total. The summed E-state index contributed by atoms with van der Waals surface area (Å²) in [6, 6.07) is 2.52. The highest BCUT2D eigenvalue weighted by Gasteiger charge is 2.17. The zero-order chi connectivity index (χ0) is 18.2. The third-order valence-electron chi connectivity index (χ3n) is 3.65. The van der Waals surface area contributed by atoms with E-state index < -0.39 is 6.03 Å². The quantitative estimate of drug-likeness (QED) is 0.776. The van der Waals surface area contributed by atoms with E-state index in [1.165, 1.54) is 21.3 Å². The molecule has 1 aromatic rings. The Hall–Kier alpha value is -2.52. The number of urea groups is 1. The highest BCUT2D eigenvalue weighted by atomic mass is 16.5. The first kappa shape index (κ1) is 18.8. The predicted octanol–water partition coefficient (Wildman–Crippen LogP) is 0.693. The highest BCUT2D eigenvalue weighted by Crippen LogP contribution is 2.39. The molecule has 1 aliphatic heterocycles. The molecule has 0 radical (unpaired) electrons. The maximum atomic E-state index is 12.0. The molecule has 9 heteroatoms. The van der Waals surface area contributed by atoms with Crippen LogP contribution in [0.15, 0.2) is 12.1 Å². The SMILES string of the molecule is COc1cc(NC(=O)NC(=O)CN2CCOCC2)cc(OC)c1OC. The number of ether oxygens (including phenoxy) is 4. The molecule has 2 rings (SSSR count). The van der Waals surface area contributed by atoms with Gasteiger partial charge in [0.15, 0.2) is 11.5 Å². The van der Waals surface area contributed by atoms with E-state index in [0.29, 0.717) is 49.2 Å². The van der Waals surface area contributed by atoms with Crippen LogP contribution in [0, 0.1) is 0 Å². The summed E-state index contributed by atoms with van der Waals surface area (Å²) < 4.78 is 20.9. The van der Waals surface area contributed by atoms with Gasteiger partial charge in [-0.25, -0.2) is 4.79 Å². The molecule has 138 valence electrons. The smallest absolute Gasteiger partial charge is 0.325 e. The molecule has 0 aromatic heterocycles. The van der Waals surface area contributed by atoms with Crippen molar-refractivity contribution in [3.63, 3.8) is 0 Å². The molecule has 1 saturated heterocycles. The Labute approximate surface area is 146 Å². The molecule has 0 bridgehead atoms. The normalized spacial score (nSPS) is 14.5. The zero-order valence-corrected chi connectivity index (χ0v) is 14.6. The van der Waals surface area contributed by atoms with E-state index in [1.807, 2.05) is 4.90 Å². The number of imide groups is 1. The second-order valence-electron chi connectivity index (χ2n) is 5.30. The molecular weight excluding hydrogens is 330 g/mol. The van der Waals surface area contributed by atoms with E-state index in [1.54, 1.807) is 12.1 Å². The van der Waals surface area contributed by atoms with Crippen molar-refractivity contribution in [2.24, 2.45) is 0 Å². The molecule has 0 saturated carbocycles. The molecule has 0 aliphatic carbocycles. The third-order valence-corrected chi connectivity index (χ3v) is 3.65. The summed E-state index contributed by atoms with van der Waals surface area (Å²) in [4.78, 5) is 25.9. The molecular formula is C16H23N3O6. The van der Waals surface area contributed by atoms with Gasteiger partial charge in [0.2, 0.25) is 11.7 Å². The monoisotopic (exact) mass is 353 g/mol. The van der Waals surface area contributed by atoms with Gasteiger partial charge in [0.1, 0.15) is 0 Å². The van der Waals surface area contributed by atoms with Crippen molar-refractivity contribution in [3.05, 3.63) is 12.1 Å². The average Bonchev–Trinajstić information content (AvgIpc) is 2.61. The number of carbonyl (C=O) groups excluding carboxylic acids is 2. The molecule has 0 spiro atoms. The summed E-state index contributed by atoms with van der Waals surface area (Å²) in [6.07, 6.45) is 0. The van der Waals surface area contributed by atoms with Crippen LogP contribution in [-0.4, -0.2) is 71.0 Å². The first-order valence-electron chi connectivity index (χ1n) is 7.78. The number of rotatable bonds is 6. The van der Waals surface area contributed by atoms with E-state index in [2.05, 4.69) is 10.6 Å². The van der Waals surface area contributed by atoms with Crippen molar-refractivity contribution in [3.8, 4) is 17.2 Å². The van der Waals surface area contributed by atoms with Gasteiger partial charge < -0.3 is 24.3 Å². The topological polar surface area (TPSA) is 98.4 Å². The van der Waals surface area contributed by atoms with Crippen LogP contribution in [0.5, 0.6) is 17.2 Å². The van der Waals surface area contributed by atoms with Gasteiger partial charge in [-0.1, -0.05) is 0 Å². The van der Waals surface area contributed by atoms with E-state index in [0.717, 1.165) is 0 Å². The van der Waals surface area contributed by atoms with Crippen molar-refractivity contribution >= 4 is 17.6 Å². The van der Waals surface area contributed by atoms with Crippen LogP contribution < -0.4 is 24.8 Å². The minimum absolute atomic E-state index is 0.145. The zero-order valence-electron chi connectivity index (χ0n) is 14.6. The van der Waals surface area contributed by atoms with Crippen LogP contribution in [0.25, 0.3) is 0 Å². The Bertz CT molecular complexity index is 591. The fraction of sp³-hybridized carbons (Fsp3) is 0.500. The molecule has 0 atom stereocenters. The second kappa shape index (κ2) is 9.09. The number of amides is 3. The molecule has 1 aromatic carbocycles. The van der Waals surface area contributed by atoms with E-state index in [4.69, 9.17) is 18.9 Å². The lowest BCUT2D eigenvalue weighted by Crippen LogP contribution is -2.45. The Morgan fingerprint density at radius 3 is 2.20 bits per heavy atom. The Balaban J connectivity index is 1.96. The summed E-state index contributed by atoms with van der Waals surface area (Å²) >= 11 is 0. The summed E-state index contributed by atoms with van der Waals surface area (Å²) in [5.41, 5.74) is 0.408. The summed E-state index contributed by atoms with van der Waals surface area (Å²) in [5, 5.41) is 4.88. The lowest BCUT2D eigenvalue weighted by Gasteiger charge is -2.25. The van der Waals surface area contributed by atoms with Gasteiger partial charge >= 0.3 is 6.03 Å². The first-order valence-corrected chi connectivity index (χ1v) is 7.78. The Morgan fingerprint density at radius 1 is 1.08 bits per heavy atom. The van der Waals surface area contributed by atoms with Crippen LogP contribution in [0.3, 0.4) is 0 Å². The number of carbonyl (C=O) groups is 2. The van der Waals surface area contributed by atoms with E-state index >= 15 is 0 Å². The van der Waals surface area contributed by atoms with E-state index in [9.17, 15) is 9.59 Å². The largest absolute Gasteiger partial charge is 0.493 e. The van der Waals surface area contributed by atoms with Gasteiger partial charge in [0, 0.05) is 25.2 Å². The highest BCUT2D eigenvalue weighted by molar-refractivity contribution is 6.02. The summed E-state index contributed by atoms with van der Waals surface area (Å²) in [6.45, 7) is 2.66. The minimum atomic E-state index is -0.632. The van der Waals surface area contributed by atoms with Crippen molar-refractivity contribution < 1.29 is 28.5 Å². The molecule has 25 heavy (non-hydrogen) atoms. The second-order valence-corrected chi connectivity index (χ2v) is 5.30. The van der Waals surface area contributed by atoms with Gasteiger partial charge in [0.05, 0.1) is 46.8 Å². The van der Waals surface area contributed by atoms with Crippen LogP contribution in [-0.2, 0) is 9.53 Å². The maximum Gasteiger partial charge on any atom is 0.325 e. The number of hydrogen-bond donors (Lipinski definition) is 2. The van der Waals surface area contributed by atoms with Crippen molar-refractivity contribution in [1.82, 2.24) is 10.2 Å². The van der Waals surface area contributed by atoms with E-state index in [-0.39, 0.29) is 12.5 Å². The van der Waals surface area contributed by atoms with Gasteiger partial charge in [-0.3, -0.25) is 15.0 Å². The molecule has 1 heterocycles. The number of morpholine rings is 1. The van der Waals surface area contributed by atoms with Crippen LogP contribution >= 0.6 is 0 Å². The van der Waals surface area contributed by atoms with Gasteiger partial charge in [-0.05, 0) is 0 Å². The molecule has 3 amide bonds. The third kappa shape index (κ3) is 5.23. The fourth-order valence-corrected chi connectivity index (χ4v) is 2.44. The molecule has 1 aliphatic rings. The number of nitrogens with zero attached hydrogens (tertiary/aromatic N) is 1. The van der Waals surface area contributed by atoms with Crippen LogP contribution in [0.4, 0.5) is 10.5 Å². The van der Waals surface area contributed by atoms with Gasteiger partial charge in [-0.2, -0.15) is 0 Å². The van der Waals surface area contributed by atoms with Gasteiger partial charge in [0.25, 0.3) is 0 Å². The van der Waals surface area contributed by atoms with Crippen LogP contribution in [0.1, 0.15) is 0 Å². The standard InChI is InChI=1S/C16H23N3O6/c1-22-12-8-11(9-13(23-2)15(12)24-3)17-16(21)18-14(20)10-19-4-6-25-7-5-19/h8-9H,4-7,10H2,1-3H3,(H2,17,18,20,21). The van der Waals surface area contributed by atoms with Crippen molar-refractivity contribution in [1.29, 1.82) is 0 Å². The number of methoxy groups -OCH3 is 3. The Morgan fingerprint density at radius 2 is 1.68 bits per heavy atom. The Kier molecular flexibility index (Phi) is 6.84. The molecule has 1 fully saturated rings.